The van der Waals surface area contributed by atoms with Gasteiger partial charge in [0, 0.05) is 19.6 Å². The molecule has 1 saturated heterocycles. The smallest absolute Gasteiger partial charge is 0.123 e. The summed E-state index contributed by atoms with van der Waals surface area (Å²) in [5.74, 6) is -0.269. The van der Waals surface area contributed by atoms with Gasteiger partial charge in [0.25, 0.3) is 0 Å². The number of rotatable bonds is 6. The van der Waals surface area contributed by atoms with Crippen molar-refractivity contribution in [1.82, 2.24) is 10.2 Å². The zero-order chi connectivity index (χ0) is 13.5. The van der Waals surface area contributed by atoms with E-state index in [1.54, 1.807) is 12.1 Å². The molecule has 0 aliphatic carbocycles. The minimum atomic E-state index is -0.568. The molecule has 2 N–H and O–H groups in total. The highest BCUT2D eigenvalue weighted by Crippen LogP contribution is 2.12. The van der Waals surface area contributed by atoms with Crippen LogP contribution in [0.1, 0.15) is 30.9 Å². The molecule has 2 rings (SSSR count). The Bertz CT molecular complexity index is 363. The van der Waals surface area contributed by atoms with Crippen molar-refractivity contribution in [3.63, 3.8) is 0 Å². The van der Waals surface area contributed by atoms with E-state index >= 15 is 0 Å². The van der Waals surface area contributed by atoms with E-state index in [0.717, 1.165) is 18.7 Å². The summed E-state index contributed by atoms with van der Waals surface area (Å²) in [5, 5.41) is 13.2. The number of likely N-dealkylation sites (tertiary alicyclic amines) is 1. The van der Waals surface area contributed by atoms with Gasteiger partial charge in [-0.25, -0.2) is 4.39 Å². The van der Waals surface area contributed by atoms with Gasteiger partial charge in [0.2, 0.25) is 0 Å². The fraction of sp³-hybridized carbons (Fsp3) is 0.600. The van der Waals surface area contributed by atoms with Crippen molar-refractivity contribution >= 4 is 0 Å². The van der Waals surface area contributed by atoms with Gasteiger partial charge in [-0.15, -0.1) is 0 Å². The maximum absolute atomic E-state index is 12.8. The van der Waals surface area contributed by atoms with Gasteiger partial charge in [-0.1, -0.05) is 18.6 Å². The zero-order valence-electron chi connectivity index (χ0n) is 11.3. The van der Waals surface area contributed by atoms with Crippen LogP contribution in [0.15, 0.2) is 24.3 Å². The number of halogens is 1. The largest absolute Gasteiger partial charge is 0.387 e. The Kier molecular flexibility index (Phi) is 5.76. The number of nitrogens with zero attached hydrogens (tertiary/aromatic N) is 1. The van der Waals surface area contributed by atoms with Crippen LogP contribution >= 0.6 is 0 Å². The molecule has 1 aromatic carbocycles. The number of benzene rings is 1. The molecule has 4 heteroatoms. The van der Waals surface area contributed by atoms with Crippen molar-refractivity contribution in [2.24, 2.45) is 0 Å². The van der Waals surface area contributed by atoms with Crippen LogP contribution in [0, 0.1) is 5.82 Å². The van der Waals surface area contributed by atoms with Gasteiger partial charge >= 0.3 is 0 Å². The molecule has 0 bridgehead atoms. The predicted octanol–water partition coefficient (Wildman–Crippen LogP) is 1.93. The maximum Gasteiger partial charge on any atom is 0.123 e. The fourth-order valence-corrected chi connectivity index (χ4v) is 2.46. The number of aliphatic hydroxyl groups is 1. The highest BCUT2D eigenvalue weighted by molar-refractivity contribution is 5.18. The number of hydrogen-bond donors (Lipinski definition) is 2. The molecular formula is C15H23FN2O. The summed E-state index contributed by atoms with van der Waals surface area (Å²) in [6, 6.07) is 6.03. The molecule has 0 aromatic heterocycles. The minimum Gasteiger partial charge on any atom is -0.387 e. The van der Waals surface area contributed by atoms with Crippen LogP contribution in [0.4, 0.5) is 4.39 Å². The molecule has 1 fully saturated rings. The molecule has 106 valence electrons. The summed E-state index contributed by atoms with van der Waals surface area (Å²) in [5.41, 5.74) is 0.756. The Balaban J connectivity index is 1.63. The lowest BCUT2D eigenvalue weighted by Crippen LogP contribution is -2.36. The third kappa shape index (κ3) is 4.90. The number of hydrogen-bond acceptors (Lipinski definition) is 3. The minimum absolute atomic E-state index is 0.269. The molecule has 1 atom stereocenters. The summed E-state index contributed by atoms with van der Waals surface area (Å²) < 4.78 is 12.8. The number of nitrogens with one attached hydrogen (secondary N) is 1. The Morgan fingerprint density at radius 1 is 1.16 bits per heavy atom. The molecule has 3 nitrogen and oxygen atoms in total. The lowest BCUT2D eigenvalue weighted by atomic mass is 10.1. The third-order valence-electron chi connectivity index (χ3n) is 3.65. The molecule has 1 unspecified atom stereocenters. The highest BCUT2D eigenvalue weighted by Gasteiger charge is 2.10. The lowest BCUT2D eigenvalue weighted by molar-refractivity contribution is 0.169. The first-order valence-corrected chi connectivity index (χ1v) is 7.12. The van der Waals surface area contributed by atoms with Gasteiger partial charge in [0.05, 0.1) is 6.10 Å². The molecule has 1 aliphatic heterocycles. The van der Waals surface area contributed by atoms with Gasteiger partial charge in [0.1, 0.15) is 5.82 Å². The van der Waals surface area contributed by atoms with Crippen molar-refractivity contribution in [3.05, 3.63) is 35.6 Å². The van der Waals surface area contributed by atoms with Gasteiger partial charge in [0.15, 0.2) is 0 Å². The van der Waals surface area contributed by atoms with Crippen molar-refractivity contribution in [3.8, 4) is 0 Å². The first-order valence-electron chi connectivity index (χ1n) is 7.12. The second-order valence-corrected chi connectivity index (χ2v) is 5.17. The lowest BCUT2D eigenvalue weighted by Gasteiger charge is -2.26. The molecule has 1 aromatic rings. The van der Waals surface area contributed by atoms with Crippen LogP contribution < -0.4 is 5.32 Å². The third-order valence-corrected chi connectivity index (χ3v) is 3.65. The van der Waals surface area contributed by atoms with Crippen LogP contribution in [-0.2, 0) is 0 Å². The second-order valence-electron chi connectivity index (χ2n) is 5.17. The molecule has 0 radical (unpaired) electrons. The van der Waals surface area contributed by atoms with Crippen LogP contribution in [0.3, 0.4) is 0 Å². The first-order chi connectivity index (χ1) is 9.25. The van der Waals surface area contributed by atoms with E-state index in [9.17, 15) is 9.50 Å². The van der Waals surface area contributed by atoms with Crippen molar-refractivity contribution in [2.45, 2.75) is 25.4 Å². The molecule has 0 spiro atoms. The van der Waals surface area contributed by atoms with Crippen LogP contribution in [0.2, 0.25) is 0 Å². The standard InChI is InChI=1S/C15H23FN2O/c16-14-6-4-13(5-7-14)15(19)12-17-8-11-18-9-2-1-3-10-18/h4-7,15,17,19H,1-3,8-12H2. The normalized spacial score (nSPS) is 18.4. The highest BCUT2D eigenvalue weighted by atomic mass is 19.1. The van der Waals surface area contributed by atoms with E-state index in [4.69, 9.17) is 0 Å². The van der Waals surface area contributed by atoms with E-state index < -0.39 is 6.10 Å². The molecule has 19 heavy (non-hydrogen) atoms. The van der Waals surface area contributed by atoms with E-state index in [-0.39, 0.29) is 5.82 Å². The maximum atomic E-state index is 12.8. The van der Waals surface area contributed by atoms with Gasteiger partial charge in [-0.3, -0.25) is 0 Å². The van der Waals surface area contributed by atoms with Crippen LogP contribution in [0.5, 0.6) is 0 Å². The molecule has 0 saturated carbocycles. The van der Waals surface area contributed by atoms with Crippen molar-refractivity contribution in [1.29, 1.82) is 0 Å². The molecule has 1 aliphatic rings. The Hall–Kier alpha value is -0.970. The van der Waals surface area contributed by atoms with Gasteiger partial charge in [-0.05, 0) is 43.6 Å². The Labute approximate surface area is 114 Å². The topological polar surface area (TPSA) is 35.5 Å². The molecule has 1 heterocycles. The first kappa shape index (κ1) is 14.4. The summed E-state index contributed by atoms with van der Waals surface area (Å²) in [6.07, 6.45) is 3.39. The Morgan fingerprint density at radius 3 is 2.53 bits per heavy atom. The van der Waals surface area contributed by atoms with E-state index in [1.165, 1.54) is 44.5 Å². The summed E-state index contributed by atoms with van der Waals surface area (Å²) >= 11 is 0. The number of piperidine rings is 1. The van der Waals surface area contributed by atoms with Crippen molar-refractivity contribution < 1.29 is 9.50 Å². The monoisotopic (exact) mass is 266 g/mol. The summed E-state index contributed by atoms with van der Waals surface area (Å²) in [6.45, 7) is 4.83. The van der Waals surface area contributed by atoms with Crippen molar-refractivity contribution in [2.75, 3.05) is 32.7 Å². The van der Waals surface area contributed by atoms with Crippen LogP contribution in [0.25, 0.3) is 0 Å². The predicted molar refractivity (Wildman–Crippen MR) is 74.5 cm³/mol. The summed E-state index contributed by atoms with van der Waals surface area (Å²) in [4.78, 5) is 2.46. The Morgan fingerprint density at radius 2 is 1.84 bits per heavy atom. The van der Waals surface area contributed by atoms with E-state index in [1.807, 2.05) is 0 Å². The summed E-state index contributed by atoms with van der Waals surface area (Å²) in [7, 11) is 0. The molecular weight excluding hydrogens is 243 g/mol. The van der Waals surface area contributed by atoms with Crippen LogP contribution in [-0.4, -0.2) is 42.7 Å². The SMILES string of the molecule is OC(CNCCN1CCCCC1)c1ccc(F)cc1. The molecule has 0 amide bonds. The number of aliphatic hydroxyl groups excluding tert-OH is 1. The average Bonchev–Trinajstić information content (AvgIpc) is 2.45. The average molecular weight is 266 g/mol. The van der Waals surface area contributed by atoms with Gasteiger partial charge < -0.3 is 15.3 Å². The zero-order valence-corrected chi connectivity index (χ0v) is 11.3. The van der Waals surface area contributed by atoms with E-state index in [2.05, 4.69) is 10.2 Å². The van der Waals surface area contributed by atoms with E-state index in [0.29, 0.717) is 6.54 Å². The quantitative estimate of drug-likeness (QED) is 0.772. The fourth-order valence-electron chi connectivity index (χ4n) is 2.46. The second kappa shape index (κ2) is 7.58. The van der Waals surface area contributed by atoms with Gasteiger partial charge in [-0.2, -0.15) is 0 Å².